The fraction of sp³-hybridized carbons (Fsp3) is 0.545. The quantitative estimate of drug-likeness (QED) is 0.497. The number of aromatic nitrogens is 1. The lowest BCUT2D eigenvalue weighted by Crippen LogP contribution is -2.26. The third-order valence-corrected chi connectivity index (χ3v) is 3.26. The lowest BCUT2D eigenvalue weighted by atomic mass is 9.98. The maximum Gasteiger partial charge on any atom is 0.285 e. The molecule has 0 aliphatic rings. The molecular weight excluding hydrogens is 240 g/mol. The van der Waals surface area contributed by atoms with Crippen molar-refractivity contribution in [1.82, 2.24) is 4.57 Å². The Morgan fingerprint density at radius 1 is 1.47 bits per heavy atom. The van der Waals surface area contributed by atoms with E-state index in [0.717, 1.165) is 0 Å². The summed E-state index contributed by atoms with van der Waals surface area (Å²) in [5.41, 5.74) is -0.283. The molecule has 0 aromatic carbocycles. The Kier molecular flexibility index (Phi) is 4.74. The highest BCUT2D eigenvalue weighted by Crippen LogP contribution is 2.15. The van der Waals surface area contributed by atoms with Gasteiger partial charge in [0.05, 0.1) is 11.1 Å². The fourth-order valence-corrected chi connectivity index (χ4v) is 2.04. The average molecular weight is 256 g/mol. The van der Waals surface area contributed by atoms with Crippen LogP contribution in [0.3, 0.4) is 0 Å². The smallest absolute Gasteiger partial charge is 0.285 e. The van der Waals surface area contributed by atoms with Crippen molar-refractivity contribution < 1.29 is 4.92 Å². The zero-order chi connectivity index (χ0) is 13.0. The molecular formula is C11H16N2O3S. The number of thiol groups is 1. The van der Waals surface area contributed by atoms with E-state index in [1.165, 1.54) is 22.9 Å². The van der Waals surface area contributed by atoms with Gasteiger partial charge in [-0.25, -0.2) is 0 Å². The third-order valence-electron chi connectivity index (χ3n) is 2.79. The summed E-state index contributed by atoms with van der Waals surface area (Å²) in [6.07, 6.45) is 1.29. The van der Waals surface area contributed by atoms with E-state index in [-0.39, 0.29) is 17.2 Å². The molecule has 0 fully saturated rings. The predicted octanol–water partition coefficient (Wildman–Crippen LogP) is 1.96. The van der Waals surface area contributed by atoms with E-state index in [0.29, 0.717) is 18.2 Å². The Bertz CT molecular complexity index is 456. The van der Waals surface area contributed by atoms with Crippen LogP contribution in [0.1, 0.15) is 13.8 Å². The van der Waals surface area contributed by atoms with Gasteiger partial charge >= 0.3 is 0 Å². The van der Waals surface area contributed by atoms with E-state index in [9.17, 15) is 14.9 Å². The Morgan fingerprint density at radius 2 is 2.12 bits per heavy atom. The molecule has 1 rings (SSSR count). The molecule has 1 aromatic rings. The minimum absolute atomic E-state index is 0.0636. The molecule has 0 spiro atoms. The minimum Gasteiger partial charge on any atom is -0.309 e. The predicted molar refractivity (Wildman–Crippen MR) is 69.5 cm³/mol. The van der Waals surface area contributed by atoms with E-state index in [1.807, 2.05) is 13.8 Å². The summed E-state index contributed by atoms with van der Waals surface area (Å²) in [6, 6.07) is 2.46. The van der Waals surface area contributed by atoms with E-state index in [2.05, 4.69) is 12.6 Å². The lowest BCUT2D eigenvalue weighted by Gasteiger charge is -2.19. The fourth-order valence-electron chi connectivity index (χ4n) is 1.50. The standard InChI is InChI=1S/C11H16N2O3S/c1-8(2)9(7-17)5-12-6-10(13(15)16)3-4-11(12)14/h3-4,6,8-9,17H,5,7H2,1-2H3. The van der Waals surface area contributed by atoms with Crippen LogP contribution in [-0.2, 0) is 6.54 Å². The maximum absolute atomic E-state index is 11.6. The van der Waals surface area contributed by atoms with E-state index in [4.69, 9.17) is 0 Å². The first-order valence-electron chi connectivity index (χ1n) is 5.41. The molecule has 0 saturated heterocycles. The molecule has 1 heterocycles. The maximum atomic E-state index is 11.6. The van der Waals surface area contributed by atoms with Crippen molar-refractivity contribution in [2.75, 3.05) is 5.75 Å². The van der Waals surface area contributed by atoms with E-state index >= 15 is 0 Å². The Balaban J connectivity index is 3.00. The molecule has 0 N–H and O–H groups in total. The first kappa shape index (κ1) is 13.8. The number of hydrogen-bond donors (Lipinski definition) is 1. The molecule has 94 valence electrons. The molecule has 0 aliphatic carbocycles. The zero-order valence-electron chi connectivity index (χ0n) is 9.87. The van der Waals surface area contributed by atoms with Gasteiger partial charge in [0.2, 0.25) is 0 Å². The highest BCUT2D eigenvalue weighted by Gasteiger charge is 2.15. The Labute approximate surface area is 105 Å². The van der Waals surface area contributed by atoms with Crippen molar-refractivity contribution >= 4 is 18.3 Å². The summed E-state index contributed by atoms with van der Waals surface area (Å²) in [5, 5.41) is 10.6. The average Bonchev–Trinajstić information content (AvgIpc) is 2.27. The molecule has 0 saturated carbocycles. The van der Waals surface area contributed by atoms with Crippen LogP contribution in [0.15, 0.2) is 23.1 Å². The molecule has 0 amide bonds. The molecule has 5 nitrogen and oxygen atoms in total. The second-order valence-corrected chi connectivity index (χ2v) is 4.69. The summed E-state index contributed by atoms with van der Waals surface area (Å²) in [4.78, 5) is 21.7. The summed E-state index contributed by atoms with van der Waals surface area (Å²) < 4.78 is 1.39. The second kappa shape index (κ2) is 5.86. The molecule has 1 aromatic heterocycles. The Morgan fingerprint density at radius 3 is 2.59 bits per heavy atom. The number of pyridine rings is 1. The topological polar surface area (TPSA) is 65.1 Å². The summed E-state index contributed by atoms with van der Waals surface area (Å²) in [7, 11) is 0. The monoisotopic (exact) mass is 256 g/mol. The van der Waals surface area contributed by atoms with Crippen molar-refractivity contribution in [3.8, 4) is 0 Å². The van der Waals surface area contributed by atoms with Gasteiger partial charge in [0, 0.05) is 18.7 Å². The van der Waals surface area contributed by atoms with Crippen molar-refractivity contribution in [2.45, 2.75) is 20.4 Å². The summed E-state index contributed by atoms with van der Waals surface area (Å²) in [6.45, 7) is 4.55. The van der Waals surface area contributed by atoms with E-state index in [1.54, 1.807) is 0 Å². The van der Waals surface area contributed by atoms with Crippen LogP contribution in [0.25, 0.3) is 0 Å². The lowest BCUT2D eigenvalue weighted by molar-refractivity contribution is -0.385. The Hall–Kier alpha value is -1.30. The van der Waals surface area contributed by atoms with Gasteiger partial charge in [0.15, 0.2) is 0 Å². The third kappa shape index (κ3) is 3.59. The minimum atomic E-state index is -0.499. The van der Waals surface area contributed by atoms with Gasteiger partial charge in [0.1, 0.15) is 0 Å². The SMILES string of the molecule is CC(C)C(CS)Cn1cc([N+](=O)[O-])ccc1=O. The van der Waals surface area contributed by atoms with E-state index < -0.39 is 4.92 Å². The normalized spacial score (nSPS) is 12.7. The van der Waals surface area contributed by atoms with Gasteiger partial charge < -0.3 is 4.57 Å². The van der Waals surface area contributed by atoms with Crippen molar-refractivity contribution in [1.29, 1.82) is 0 Å². The van der Waals surface area contributed by atoms with Crippen LogP contribution in [0.2, 0.25) is 0 Å². The van der Waals surface area contributed by atoms with Crippen molar-refractivity contribution in [3.63, 3.8) is 0 Å². The molecule has 0 bridgehead atoms. The molecule has 1 atom stereocenters. The van der Waals surface area contributed by atoms with Gasteiger partial charge in [-0.2, -0.15) is 12.6 Å². The van der Waals surface area contributed by atoms with Crippen LogP contribution in [0.4, 0.5) is 5.69 Å². The van der Waals surface area contributed by atoms with Crippen LogP contribution in [0, 0.1) is 22.0 Å². The van der Waals surface area contributed by atoms with Crippen LogP contribution < -0.4 is 5.56 Å². The van der Waals surface area contributed by atoms with Gasteiger partial charge in [-0.15, -0.1) is 0 Å². The van der Waals surface area contributed by atoms with Crippen LogP contribution in [-0.4, -0.2) is 15.2 Å². The number of hydrogen-bond acceptors (Lipinski definition) is 4. The van der Waals surface area contributed by atoms with Gasteiger partial charge in [0.25, 0.3) is 11.2 Å². The largest absolute Gasteiger partial charge is 0.309 e. The number of nitro groups is 1. The van der Waals surface area contributed by atoms with Crippen LogP contribution >= 0.6 is 12.6 Å². The van der Waals surface area contributed by atoms with Gasteiger partial charge in [-0.3, -0.25) is 14.9 Å². The number of rotatable bonds is 5. The van der Waals surface area contributed by atoms with Crippen LogP contribution in [0.5, 0.6) is 0 Å². The second-order valence-electron chi connectivity index (χ2n) is 4.32. The molecule has 17 heavy (non-hydrogen) atoms. The zero-order valence-corrected chi connectivity index (χ0v) is 10.8. The number of nitrogens with zero attached hydrogens (tertiary/aromatic N) is 2. The van der Waals surface area contributed by atoms with Gasteiger partial charge in [-0.1, -0.05) is 13.8 Å². The van der Waals surface area contributed by atoms with Gasteiger partial charge in [-0.05, 0) is 17.6 Å². The molecule has 0 radical (unpaired) electrons. The highest BCUT2D eigenvalue weighted by atomic mass is 32.1. The molecule has 1 unspecified atom stereocenters. The van der Waals surface area contributed by atoms with Crippen molar-refractivity contribution in [2.24, 2.45) is 11.8 Å². The highest BCUT2D eigenvalue weighted by molar-refractivity contribution is 7.80. The first-order valence-corrected chi connectivity index (χ1v) is 6.04. The summed E-state index contributed by atoms with van der Waals surface area (Å²) >= 11 is 4.24. The first-order chi connectivity index (χ1) is 7.95. The summed E-state index contributed by atoms with van der Waals surface area (Å²) in [5.74, 6) is 1.24. The van der Waals surface area contributed by atoms with Crippen molar-refractivity contribution in [3.05, 3.63) is 38.8 Å². The molecule has 0 aliphatic heterocycles. The molecule has 6 heteroatoms.